The van der Waals surface area contributed by atoms with Gasteiger partial charge in [0.05, 0.1) is 56.3 Å². The number of anilines is 3. The molecule has 0 aliphatic carbocycles. The molecular formula is C46H55N5O8S. The lowest BCUT2D eigenvalue weighted by molar-refractivity contribution is 0.0355. The average Bonchev–Trinajstić information content (AvgIpc) is 3.20. The number of morpholine rings is 1. The highest BCUT2D eigenvalue weighted by Crippen LogP contribution is 2.40. The number of carbonyl (C=O) groups excluding carboxylic acids is 2. The van der Waals surface area contributed by atoms with Gasteiger partial charge in [-0.15, -0.1) is 0 Å². The number of Topliss-reactive ketones (excluding diaryl/α,β-unsaturated/α-hetero) is 1. The van der Waals surface area contributed by atoms with Crippen molar-refractivity contribution in [1.82, 2.24) is 9.88 Å². The van der Waals surface area contributed by atoms with Crippen molar-refractivity contribution in [3.8, 4) is 23.0 Å². The van der Waals surface area contributed by atoms with Crippen LogP contribution in [0.25, 0.3) is 10.8 Å². The van der Waals surface area contributed by atoms with E-state index in [1.165, 1.54) is 7.11 Å². The number of nitrogens with zero attached hydrogens (tertiary/aromatic N) is 2. The maximum atomic E-state index is 13.5. The number of methoxy groups -OCH3 is 2. The van der Waals surface area contributed by atoms with Crippen molar-refractivity contribution in [2.75, 3.05) is 68.7 Å². The van der Waals surface area contributed by atoms with Crippen LogP contribution in [0.5, 0.6) is 23.0 Å². The summed E-state index contributed by atoms with van der Waals surface area (Å²) in [5.74, 6) is 2.20. The number of fused-ring (bicyclic) bond motifs is 1. The second-order valence-electron chi connectivity index (χ2n) is 16.2. The first-order chi connectivity index (χ1) is 28.6. The van der Waals surface area contributed by atoms with E-state index in [0.717, 1.165) is 73.1 Å². The van der Waals surface area contributed by atoms with Crippen molar-refractivity contribution in [3.63, 3.8) is 0 Å². The fraction of sp³-hybridized carbons (Fsp3) is 0.370. The van der Waals surface area contributed by atoms with Gasteiger partial charge in [0.2, 0.25) is 10.0 Å². The van der Waals surface area contributed by atoms with Crippen LogP contribution >= 0.6 is 0 Å². The van der Waals surface area contributed by atoms with Crippen LogP contribution in [0, 0.1) is 5.92 Å². The zero-order chi connectivity index (χ0) is 43.0. The number of carbonyl (C=O) groups is 2. The quantitative estimate of drug-likeness (QED) is 0.0821. The lowest BCUT2D eigenvalue weighted by Gasteiger charge is -2.27. The second-order valence-corrected chi connectivity index (χ2v) is 18.0. The van der Waals surface area contributed by atoms with Crippen LogP contribution in [0.3, 0.4) is 0 Å². The molecule has 3 N–H and O–H groups in total. The Morgan fingerprint density at radius 1 is 0.867 bits per heavy atom. The molecule has 1 aromatic heterocycles. The van der Waals surface area contributed by atoms with Gasteiger partial charge < -0.3 is 29.6 Å². The predicted molar refractivity (Wildman–Crippen MR) is 237 cm³/mol. The maximum absolute atomic E-state index is 13.5. The first kappa shape index (κ1) is 43.9. The van der Waals surface area contributed by atoms with Crippen molar-refractivity contribution in [2.45, 2.75) is 52.4 Å². The number of sulfonamides is 1. The van der Waals surface area contributed by atoms with E-state index in [1.807, 2.05) is 69.3 Å². The Kier molecular flexibility index (Phi) is 14.0. The third-order valence-electron chi connectivity index (χ3n) is 10.4. The van der Waals surface area contributed by atoms with Gasteiger partial charge >= 0.3 is 6.03 Å². The maximum Gasteiger partial charge on any atom is 0.323 e. The lowest BCUT2D eigenvalue weighted by Crippen LogP contribution is -2.37. The molecule has 14 heteroatoms. The molecule has 1 saturated heterocycles. The van der Waals surface area contributed by atoms with Gasteiger partial charge in [0.15, 0.2) is 11.5 Å². The summed E-state index contributed by atoms with van der Waals surface area (Å²) in [5.41, 5.74) is 3.77. The molecule has 2 heterocycles. The molecule has 2 amide bonds. The molecule has 0 unspecified atom stereocenters. The smallest absolute Gasteiger partial charge is 0.323 e. The number of ether oxygens (including phenoxy) is 4. The van der Waals surface area contributed by atoms with E-state index in [2.05, 4.69) is 32.2 Å². The largest absolute Gasteiger partial charge is 0.496 e. The van der Waals surface area contributed by atoms with Gasteiger partial charge in [0, 0.05) is 54.7 Å². The number of nitrogens with one attached hydrogen (secondary N) is 3. The van der Waals surface area contributed by atoms with Gasteiger partial charge in [-0.3, -0.25) is 19.4 Å². The Labute approximate surface area is 352 Å². The first-order valence-corrected chi connectivity index (χ1v) is 21.9. The normalized spacial score (nSPS) is 14.0. The number of amides is 2. The van der Waals surface area contributed by atoms with Crippen LogP contribution in [0.1, 0.15) is 67.7 Å². The van der Waals surface area contributed by atoms with Crippen LogP contribution in [-0.2, 0) is 26.6 Å². The summed E-state index contributed by atoms with van der Waals surface area (Å²) >= 11 is 0. The Morgan fingerprint density at radius 2 is 1.58 bits per heavy atom. The summed E-state index contributed by atoms with van der Waals surface area (Å²) in [6, 6.07) is 23.4. The fourth-order valence-corrected chi connectivity index (χ4v) is 7.73. The van der Waals surface area contributed by atoms with E-state index in [0.29, 0.717) is 47.0 Å². The number of hydrogen-bond donors (Lipinski definition) is 3. The minimum atomic E-state index is -3.64. The van der Waals surface area contributed by atoms with E-state index in [-0.39, 0.29) is 28.6 Å². The SMILES string of the molecule is COc1cc(Cc2cc(Oc3ccc(NC(=O)Nc4cc(C(C)(C)C)cc(NS(C)(=O)=O)c4OC)c4ccccc34)ccn2)ccc1C(=O)C[C@H](C)CCN1CCOCC1. The van der Waals surface area contributed by atoms with Crippen LogP contribution in [-0.4, -0.2) is 83.4 Å². The zero-order valence-electron chi connectivity index (χ0n) is 35.4. The summed E-state index contributed by atoms with van der Waals surface area (Å²) in [6.07, 6.45) is 4.65. The van der Waals surface area contributed by atoms with E-state index in [1.54, 1.807) is 43.6 Å². The topological polar surface area (TPSA) is 157 Å². The highest BCUT2D eigenvalue weighted by atomic mass is 32.2. The monoisotopic (exact) mass is 837 g/mol. The molecule has 0 radical (unpaired) electrons. The van der Waals surface area contributed by atoms with E-state index in [4.69, 9.17) is 18.9 Å². The number of benzene rings is 4. The van der Waals surface area contributed by atoms with Gasteiger partial charge in [-0.2, -0.15) is 0 Å². The fourth-order valence-electron chi connectivity index (χ4n) is 7.18. The molecule has 0 saturated carbocycles. The molecule has 1 fully saturated rings. The van der Waals surface area contributed by atoms with Crippen molar-refractivity contribution in [3.05, 3.63) is 107 Å². The van der Waals surface area contributed by atoms with Crippen LogP contribution in [0.2, 0.25) is 0 Å². The van der Waals surface area contributed by atoms with Gasteiger partial charge in [0.1, 0.15) is 17.2 Å². The standard InChI is InChI=1S/C46H55N5O8S/c1-30(17-19-51-20-22-58-23-21-51)24-41(52)37-13-12-31(26-43(37)56-5)25-33-29-34(16-18-47-33)59-42-15-14-38(35-10-8-9-11-36(35)42)48-45(53)49-39-27-32(46(2,3)4)28-40(44(39)57-6)50-60(7,54)55/h8-16,18,26-30,50H,17,19-25H2,1-7H3,(H2,48,49,53)/t30-/m1/s1. The minimum absolute atomic E-state index is 0.0691. The van der Waals surface area contributed by atoms with Gasteiger partial charge in [-0.25, -0.2) is 13.2 Å². The number of pyridine rings is 1. The van der Waals surface area contributed by atoms with E-state index in [9.17, 15) is 18.0 Å². The molecule has 0 spiro atoms. The number of ketones is 1. The van der Waals surface area contributed by atoms with E-state index < -0.39 is 16.1 Å². The van der Waals surface area contributed by atoms with Crippen molar-refractivity contribution in [2.24, 2.45) is 5.92 Å². The highest BCUT2D eigenvalue weighted by Gasteiger charge is 2.23. The summed E-state index contributed by atoms with van der Waals surface area (Å²) in [6.45, 7) is 12.5. The molecule has 60 heavy (non-hydrogen) atoms. The van der Waals surface area contributed by atoms with Crippen molar-refractivity contribution < 1.29 is 37.0 Å². The summed E-state index contributed by atoms with van der Waals surface area (Å²) < 4.78 is 50.0. The molecule has 4 aromatic carbocycles. The third kappa shape index (κ3) is 11.5. The number of urea groups is 1. The van der Waals surface area contributed by atoms with Crippen LogP contribution < -0.4 is 29.6 Å². The Hall–Kier alpha value is -5.70. The van der Waals surface area contributed by atoms with Crippen LogP contribution in [0.15, 0.2) is 85.1 Å². The molecule has 0 bridgehead atoms. The molecule has 1 atom stereocenters. The van der Waals surface area contributed by atoms with Crippen molar-refractivity contribution in [1.29, 1.82) is 0 Å². The van der Waals surface area contributed by atoms with Gasteiger partial charge in [0.25, 0.3) is 0 Å². The molecule has 6 rings (SSSR count). The Bertz CT molecular complexity index is 2440. The molecule has 5 aromatic rings. The molecule has 318 valence electrons. The third-order valence-corrected chi connectivity index (χ3v) is 11.0. The summed E-state index contributed by atoms with van der Waals surface area (Å²) in [7, 11) is -0.642. The number of aromatic nitrogens is 1. The van der Waals surface area contributed by atoms with E-state index >= 15 is 0 Å². The summed E-state index contributed by atoms with van der Waals surface area (Å²) in [5, 5.41) is 7.30. The molecule has 13 nitrogen and oxygen atoms in total. The lowest BCUT2D eigenvalue weighted by atomic mass is 9.86. The molecular weight excluding hydrogens is 783 g/mol. The Balaban J connectivity index is 1.14. The number of rotatable bonds is 16. The Morgan fingerprint density at radius 3 is 2.28 bits per heavy atom. The minimum Gasteiger partial charge on any atom is -0.496 e. The first-order valence-electron chi connectivity index (χ1n) is 20.0. The number of hydrogen-bond acceptors (Lipinski definition) is 10. The zero-order valence-corrected chi connectivity index (χ0v) is 36.2. The molecule has 1 aliphatic rings. The van der Waals surface area contributed by atoms with Gasteiger partial charge in [-0.1, -0.05) is 58.0 Å². The second kappa shape index (κ2) is 19.1. The predicted octanol–water partition coefficient (Wildman–Crippen LogP) is 8.88. The van der Waals surface area contributed by atoms with Crippen molar-refractivity contribution >= 4 is 49.7 Å². The van der Waals surface area contributed by atoms with Gasteiger partial charge in [-0.05, 0) is 77.9 Å². The molecule has 1 aliphatic heterocycles. The van der Waals surface area contributed by atoms with Crippen LogP contribution in [0.4, 0.5) is 21.9 Å². The average molecular weight is 838 g/mol. The summed E-state index contributed by atoms with van der Waals surface area (Å²) in [4.78, 5) is 33.9. The highest BCUT2D eigenvalue weighted by molar-refractivity contribution is 7.92.